The van der Waals surface area contributed by atoms with Crippen LogP contribution in [0.15, 0.2) is 0 Å². The molecule has 0 fully saturated rings. The Morgan fingerprint density at radius 2 is 1.00 bits per heavy atom. The normalized spacial score (nSPS) is 0. The molecular weight excluding hydrogens is 333 g/mol. The van der Waals surface area contributed by atoms with Gasteiger partial charge in [-0.2, -0.15) is 0 Å². The van der Waals surface area contributed by atoms with E-state index < -0.39 is 0 Å². The van der Waals surface area contributed by atoms with Crippen LogP contribution < -0.4 is 0 Å². The fourth-order valence-corrected chi connectivity index (χ4v) is 0. The van der Waals surface area contributed by atoms with Crippen LogP contribution in [0.2, 0.25) is 0 Å². The third-order valence-corrected chi connectivity index (χ3v) is 0. The van der Waals surface area contributed by atoms with Crippen molar-refractivity contribution >= 4 is 26.2 Å². The molecule has 0 heterocycles. The van der Waals surface area contributed by atoms with E-state index in [4.69, 9.17) is 0 Å². The zero-order valence-corrected chi connectivity index (χ0v) is 7.47. The van der Waals surface area contributed by atoms with Crippen LogP contribution in [0.4, 0.5) is 0 Å². The standard InChI is InChI=1S/Bi.Cr.Fe.O. The summed E-state index contributed by atoms with van der Waals surface area (Å²) in [7, 11) is 0. The summed E-state index contributed by atoms with van der Waals surface area (Å²) in [5, 5.41) is 0. The van der Waals surface area contributed by atoms with E-state index in [0.29, 0.717) is 0 Å². The molecule has 5 radical (unpaired) electrons. The van der Waals surface area contributed by atoms with Crippen molar-refractivity contribution in [2.45, 2.75) is 0 Å². The summed E-state index contributed by atoms with van der Waals surface area (Å²) in [6.07, 6.45) is 0. The maximum Gasteiger partial charge on any atom is 0 e. The Hall–Kier alpha value is 1.90. The van der Waals surface area contributed by atoms with Gasteiger partial charge >= 0.3 is 0 Å². The molecule has 0 atom stereocenters. The van der Waals surface area contributed by atoms with Crippen LogP contribution in [0.25, 0.3) is 0 Å². The van der Waals surface area contributed by atoms with Crippen molar-refractivity contribution in [2.24, 2.45) is 0 Å². The van der Waals surface area contributed by atoms with Gasteiger partial charge in [0.2, 0.25) is 0 Å². The van der Waals surface area contributed by atoms with Crippen LogP contribution in [-0.2, 0) is 39.9 Å². The fraction of sp³-hybridized carbons (Fsp3) is 0. The first kappa shape index (κ1) is 39.3. The van der Waals surface area contributed by atoms with Crippen LogP contribution >= 0.6 is 0 Å². The van der Waals surface area contributed by atoms with Gasteiger partial charge in [0.25, 0.3) is 0 Å². The van der Waals surface area contributed by atoms with Crippen molar-refractivity contribution in [1.29, 1.82) is 0 Å². The Labute approximate surface area is 65.6 Å². The smallest absolute Gasteiger partial charge is 0 e. The SMILES string of the molecule is [Bi].[Cr].[Fe].[O]. The molecule has 0 aromatic rings. The number of hydrogen-bond acceptors (Lipinski definition) is 0. The molecule has 0 aromatic carbocycles. The molecule has 0 aliphatic carbocycles. The molecule has 0 bridgehead atoms. The van der Waals surface area contributed by atoms with Gasteiger partial charge in [-0.15, -0.1) is 0 Å². The second kappa shape index (κ2) is 20.7. The predicted molar refractivity (Wildman–Crippen MR) is 6.44 cm³/mol. The first-order valence-corrected chi connectivity index (χ1v) is 0. The van der Waals surface area contributed by atoms with E-state index in [-0.39, 0.29) is 66.1 Å². The van der Waals surface area contributed by atoms with E-state index in [0.717, 1.165) is 0 Å². The molecule has 4 heavy (non-hydrogen) atoms. The molecule has 0 aromatic heterocycles. The van der Waals surface area contributed by atoms with Gasteiger partial charge in [0, 0.05) is 66.1 Å². The molecule has 25 valence electrons. The van der Waals surface area contributed by atoms with Crippen molar-refractivity contribution in [3.8, 4) is 0 Å². The predicted octanol–water partition coefficient (Wildman–Crippen LogP) is -0.505. The van der Waals surface area contributed by atoms with Crippen LogP contribution in [0.3, 0.4) is 0 Å². The minimum absolute atomic E-state index is 0. The second-order valence-electron chi connectivity index (χ2n) is 0. The Morgan fingerprint density at radius 1 is 1.00 bits per heavy atom. The van der Waals surface area contributed by atoms with E-state index in [1.807, 2.05) is 0 Å². The van der Waals surface area contributed by atoms with E-state index >= 15 is 0 Å². The molecule has 0 N–H and O–H groups in total. The van der Waals surface area contributed by atoms with E-state index in [1.54, 1.807) is 0 Å². The summed E-state index contributed by atoms with van der Waals surface area (Å²) in [5.74, 6) is 0. The van der Waals surface area contributed by atoms with Crippen molar-refractivity contribution in [1.82, 2.24) is 0 Å². The summed E-state index contributed by atoms with van der Waals surface area (Å²) in [5.41, 5.74) is 0. The van der Waals surface area contributed by atoms with Gasteiger partial charge in [-0.1, -0.05) is 0 Å². The Balaban J connectivity index is 0. The molecule has 0 spiro atoms. The molecule has 4 heteroatoms. The van der Waals surface area contributed by atoms with Crippen LogP contribution in [0, 0.1) is 0 Å². The van der Waals surface area contributed by atoms with Crippen molar-refractivity contribution < 1.29 is 39.9 Å². The van der Waals surface area contributed by atoms with Gasteiger partial charge in [0.05, 0.1) is 0 Å². The molecule has 0 rings (SSSR count). The Kier molecular flexibility index (Phi) is 203. The summed E-state index contributed by atoms with van der Waals surface area (Å²) < 4.78 is 0. The topological polar surface area (TPSA) is 28.5 Å². The average Bonchev–Trinajstić information content (AvgIpc) is 0. The molecule has 0 saturated heterocycles. The molecular formula is BiCrFeO. The van der Waals surface area contributed by atoms with Gasteiger partial charge < -0.3 is 0 Å². The quantitative estimate of drug-likeness (QED) is 0.535. The second-order valence-corrected chi connectivity index (χ2v) is 0. The molecule has 0 amide bonds. The molecule has 0 aliphatic rings. The van der Waals surface area contributed by atoms with Crippen LogP contribution in [0.5, 0.6) is 0 Å². The van der Waals surface area contributed by atoms with Crippen molar-refractivity contribution in [2.75, 3.05) is 0 Å². The molecule has 0 saturated carbocycles. The zero-order valence-electron chi connectivity index (χ0n) is 1.62. The Bertz CT molecular complexity index is 8.00. The van der Waals surface area contributed by atoms with Gasteiger partial charge in [-0.3, -0.25) is 0 Å². The number of rotatable bonds is 0. The largest absolute Gasteiger partial charge is 0 e. The first-order valence-electron chi connectivity index (χ1n) is 0. The van der Waals surface area contributed by atoms with Crippen LogP contribution in [-0.4, -0.2) is 26.2 Å². The summed E-state index contributed by atoms with van der Waals surface area (Å²) in [4.78, 5) is 0. The average molecular weight is 333 g/mol. The van der Waals surface area contributed by atoms with Gasteiger partial charge in [0.1, 0.15) is 0 Å². The fourth-order valence-electron chi connectivity index (χ4n) is 0. The van der Waals surface area contributed by atoms with E-state index in [1.165, 1.54) is 0 Å². The van der Waals surface area contributed by atoms with Gasteiger partial charge in [0.15, 0.2) is 0 Å². The minimum Gasteiger partial charge on any atom is 0 e. The maximum absolute atomic E-state index is 0. The van der Waals surface area contributed by atoms with Crippen molar-refractivity contribution in [3.05, 3.63) is 0 Å². The molecule has 0 unspecified atom stereocenters. The molecule has 1 nitrogen and oxygen atoms in total. The van der Waals surface area contributed by atoms with Gasteiger partial charge in [-0.05, 0) is 0 Å². The summed E-state index contributed by atoms with van der Waals surface area (Å²) in [6, 6.07) is 0. The third kappa shape index (κ3) is 9.09. The first-order chi connectivity index (χ1) is 0. The Morgan fingerprint density at radius 3 is 1.00 bits per heavy atom. The monoisotopic (exact) mass is 333 g/mol. The number of hydrogen-bond donors (Lipinski definition) is 0. The maximum atomic E-state index is 0. The van der Waals surface area contributed by atoms with E-state index in [2.05, 4.69) is 0 Å². The van der Waals surface area contributed by atoms with Crippen LogP contribution in [0.1, 0.15) is 0 Å². The summed E-state index contributed by atoms with van der Waals surface area (Å²) in [6.45, 7) is 0. The van der Waals surface area contributed by atoms with Crippen molar-refractivity contribution in [3.63, 3.8) is 0 Å². The van der Waals surface area contributed by atoms with E-state index in [9.17, 15) is 0 Å². The van der Waals surface area contributed by atoms with Gasteiger partial charge in [-0.25, -0.2) is 0 Å². The summed E-state index contributed by atoms with van der Waals surface area (Å²) >= 11 is 0. The third-order valence-electron chi connectivity index (χ3n) is 0. The zero-order chi connectivity index (χ0) is 0. The molecule has 0 aliphatic heterocycles. The minimum atomic E-state index is 0.